The third-order valence-electron chi connectivity index (χ3n) is 3.23. The molecule has 0 aliphatic heterocycles. The molecular weight excluding hydrogens is 294 g/mol. The van der Waals surface area contributed by atoms with E-state index >= 15 is 0 Å². The van der Waals surface area contributed by atoms with Gasteiger partial charge in [0.05, 0.1) is 13.3 Å². The van der Waals surface area contributed by atoms with Gasteiger partial charge in [-0.1, -0.05) is 30.3 Å². The van der Waals surface area contributed by atoms with E-state index in [1.165, 1.54) is 0 Å². The summed E-state index contributed by atoms with van der Waals surface area (Å²) < 4.78 is 5.26. The molecule has 114 valence electrons. The number of nitrogens with zero attached hydrogens (tertiary/aromatic N) is 1. The van der Waals surface area contributed by atoms with Gasteiger partial charge in [-0.25, -0.2) is 0 Å². The van der Waals surface area contributed by atoms with E-state index in [9.17, 15) is 0 Å². The number of ether oxygens (including phenoxy) is 1. The smallest absolute Gasteiger partial charge is 0.191 e. The lowest BCUT2D eigenvalue weighted by molar-refractivity contribution is 0.414. The lowest BCUT2D eigenvalue weighted by Gasteiger charge is -2.12. The normalized spacial score (nSPS) is 10.5. The van der Waals surface area contributed by atoms with Crippen LogP contribution < -0.4 is 15.5 Å². The minimum atomic E-state index is 0.448. The zero-order valence-corrected chi connectivity index (χ0v) is 13.7. The van der Waals surface area contributed by atoms with E-state index in [2.05, 4.69) is 15.8 Å². The van der Waals surface area contributed by atoms with E-state index in [1.807, 2.05) is 56.3 Å². The van der Waals surface area contributed by atoms with Crippen LogP contribution in [0.4, 0.5) is 5.69 Å². The number of para-hydroxylation sites is 2. The van der Waals surface area contributed by atoms with Gasteiger partial charge >= 0.3 is 0 Å². The molecule has 0 amide bonds. The molecule has 0 aliphatic carbocycles. The summed E-state index contributed by atoms with van der Waals surface area (Å²) in [4.78, 5) is 0. The van der Waals surface area contributed by atoms with Gasteiger partial charge in [-0.15, -0.1) is 0 Å². The molecule has 0 aromatic heterocycles. The largest absolute Gasteiger partial charge is 0.496 e. The lowest BCUT2D eigenvalue weighted by atomic mass is 10.1. The Morgan fingerprint density at radius 1 is 1.09 bits per heavy atom. The first-order valence-corrected chi connectivity index (χ1v) is 7.32. The van der Waals surface area contributed by atoms with Gasteiger partial charge in [-0.2, -0.15) is 5.10 Å². The molecule has 0 spiro atoms. The Kier molecular flexibility index (Phi) is 5.49. The molecule has 2 aromatic rings. The van der Waals surface area contributed by atoms with Crippen molar-refractivity contribution in [3.63, 3.8) is 0 Å². The third kappa shape index (κ3) is 4.05. The Balaban J connectivity index is 2.00. The Bertz CT molecular complexity index is 678. The first-order chi connectivity index (χ1) is 10.6. The number of methoxy groups -OCH3 is 1. The van der Waals surface area contributed by atoms with Crippen LogP contribution >= 0.6 is 12.2 Å². The van der Waals surface area contributed by atoms with Crippen molar-refractivity contribution in [2.45, 2.75) is 13.8 Å². The van der Waals surface area contributed by atoms with Crippen molar-refractivity contribution < 1.29 is 4.74 Å². The van der Waals surface area contributed by atoms with Gasteiger partial charge in [-0.05, 0) is 49.3 Å². The number of rotatable bonds is 4. The Labute approximate surface area is 136 Å². The average molecular weight is 313 g/mol. The zero-order valence-electron chi connectivity index (χ0n) is 12.9. The van der Waals surface area contributed by atoms with Crippen molar-refractivity contribution in [3.05, 3.63) is 59.2 Å². The molecule has 22 heavy (non-hydrogen) atoms. The van der Waals surface area contributed by atoms with Crippen LogP contribution in [0.1, 0.15) is 16.7 Å². The second-order valence-electron chi connectivity index (χ2n) is 4.83. The molecule has 0 aliphatic rings. The average Bonchev–Trinajstić information content (AvgIpc) is 2.51. The van der Waals surface area contributed by atoms with Gasteiger partial charge in [0, 0.05) is 11.3 Å². The summed E-state index contributed by atoms with van der Waals surface area (Å²) in [6.07, 6.45) is 1.68. The zero-order chi connectivity index (χ0) is 15.9. The Morgan fingerprint density at radius 3 is 2.45 bits per heavy atom. The van der Waals surface area contributed by atoms with Crippen molar-refractivity contribution in [2.24, 2.45) is 5.10 Å². The van der Waals surface area contributed by atoms with Crippen LogP contribution in [0.5, 0.6) is 5.75 Å². The molecule has 0 saturated carbocycles. The monoisotopic (exact) mass is 313 g/mol. The van der Waals surface area contributed by atoms with Gasteiger partial charge in [0.1, 0.15) is 5.75 Å². The minimum Gasteiger partial charge on any atom is -0.496 e. The number of anilines is 1. The number of hydrogen-bond donors (Lipinski definition) is 2. The molecular formula is C17H19N3OS. The molecule has 2 rings (SSSR count). The highest BCUT2D eigenvalue weighted by molar-refractivity contribution is 7.80. The number of hydrogen-bond acceptors (Lipinski definition) is 3. The maximum atomic E-state index is 5.26. The molecule has 0 heterocycles. The summed E-state index contributed by atoms with van der Waals surface area (Å²) in [5.74, 6) is 0.765. The molecule has 2 N–H and O–H groups in total. The molecule has 0 atom stereocenters. The first kappa shape index (κ1) is 16.0. The van der Waals surface area contributed by atoms with Crippen molar-refractivity contribution in [2.75, 3.05) is 12.4 Å². The highest BCUT2D eigenvalue weighted by atomic mass is 32.1. The molecule has 2 aromatic carbocycles. The molecule has 0 saturated heterocycles. The van der Waals surface area contributed by atoms with Gasteiger partial charge in [0.2, 0.25) is 0 Å². The molecule has 5 heteroatoms. The Hall–Kier alpha value is -2.40. The first-order valence-electron chi connectivity index (χ1n) is 6.91. The summed E-state index contributed by atoms with van der Waals surface area (Å²) in [6.45, 7) is 4.08. The molecule has 0 radical (unpaired) electrons. The second-order valence-corrected chi connectivity index (χ2v) is 5.24. The highest BCUT2D eigenvalue weighted by Gasteiger charge is 2.03. The standard InChI is InChI=1S/C17H19N3OS/c1-12-7-6-8-13(2)16(12)19-17(22)20-18-11-14-9-4-5-10-15(14)21-3/h4-11H,1-3H3,(H2,19,20,22). The van der Waals surface area contributed by atoms with Crippen molar-refractivity contribution in [1.82, 2.24) is 5.43 Å². The minimum absolute atomic E-state index is 0.448. The van der Waals surface area contributed by atoms with Crippen LogP contribution in [0.15, 0.2) is 47.6 Å². The van der Waals surface area contributed by atoms with Crippen LogP contribution in [-0.2, 0) is 0 Å². The quantitative estimate of drug-likeness (QED) is 0.514. The predicted octanol–water partition coefficient (Wildman–Crippen LogP) is 3.63. The van der Waals surface area contributed by atoms with E-state index in [4.69, 9.17) is 17.0 Å². The predicted molar refractivity (Wildman–Crippen MR) is 95.9 cm³/mol. The van der Waals surface area contributed by atoms with Crippen LogP contribution in [0.3, 0.4) is 0 Å². The second kappa shape index (κ2) is 7.56. The molecule has 4 nitrogen and oxygen atoms in total. The SMILES string of the molecule is COc1ccccc1C=NNC(=S)Nc1c(C)cccc1C. The van der Waals surface area contributed by atoms with Gasteiger partial charge in [0.25, 0.3) is 0 Å². The fourth-order valence-electron chi connectivity index (χ4n) is 2.09. The van der Waals surface area contributed by atoms with Gasteiger partial charge in [-0.3, -0.25) is 5.43 Å². The van der Waals surface area contributed by atoms with Crippen LogP contribution in [0.25, 0.3) is 0 Å². The van der Waals surface area contributed by atoms with Crippen molar-refractivity contribution in [3.8, 4) is 5.75 Å². The van der Waals surface area contributed by atoms with Crippen molar-refractivity contribution >= 4 is 29.2 Å². The number of benzene rings is 2. The van der Waals surface area contributed by atoms with E-state index in [0.29, 0.717) is 5.11 Å². The molecule has 0 fully saturated rings. The fraction of sp³-hybridized carbons (Fsp3) is 0.176. The summed E-state index contributed by atoms with van der Waals surface area (Å²) in [5, 5.41) is 7.76. The Morgan fingerprint density at radius 2 is 1.77 bits per heavy atom. The van der Waals surface area contributed by atoms with Crippen LogP contribution in [0, 0.1) is 13.8 Å². The lowest BCUT2D eigenvalue weighted by Crippen LogP contribution is -2.24. The number of nitrogens with one attached hydrogen (secondary N) is 2. The fourth-order valence-corrected chi connectivity index (χ4v) is 2.24. The maximum Gasteiger partial charge on any atom is 0.191 e. The topological polar surface area (TPSA) is 45.6 Å². The summed E-state index contributed by atoms with van der Waals surface area (Å²) in [7, 11) is 1.63. The van der Waals surface area contributed by atoms with Crippen LogP contribution in [-0.4, -0.2) is 18.4 Å². The number of thiocarbonyl (C=S) groups is 1. The summed E-state index contributed by atoms with van der Waals surface area (Å²) >= 11 is 5.26. The van der Waals surface area contributed by atoms with Crippen LogP contribution in [0.2, 0.25) is 0 Å². The van der Waals surface area contributed by atoms with Crippen molar-refractivity contribution in [1.29, 1.82) is 0 Å². The van der Waals surface area contributed by atoms with Gasteiger partial charge < -0.3 is 10.1 Å². The number of aryl methyl sites for hydroxylation is 2. The number of hydrazone groups is 1. The third-order valence-corrected chi connectivity index (χ3v) is 3.42. The summed E-state index contributed by atoms with van der Waals surface area (Å²) in [5.41, 5.74) is 6.98. The summed E-state index contributed by atoms with van der Waals surface area (Å²) in [6, 6.07) is 13.7. The maximum absolute atomic E-state index is 5.26. The van der Waals surface area contributed by atoms with Gasteiger partial charge in [0.15, 0.2) is 5.11 Å². The van der Waals surface area contributed by atoms with E-state index in [0.717, 1.165) is 28.1 Å². The van der Waals surface area contributed by atoms with E-state index < -0.39 is 0 Å². The van der Waals surface area contributed by atoms with E-state index in [-0.39, 0.29) is 0 Å². The van der Waals surface area contributed by atoms with E-state index in [1.54, 1.807) is 13.3 Å². The molecule has 0 bridgehead atoms. The highest BCUT2D eigenvalue weighted by Crippen LogP contribution is 2.19. The molecule has 0 unspecified atom stereocenters.